The number of thiophene rings is 1. The maximum absolute atomic E-state index is 11.8. The number of rotatable bonds is 8. The third-order valence-electron chi connectivity index (χ3n) is 3.28. The van der Waals surface area contributed by atoms with Crippen molar-refractivity contribution in [2.24, 2.45) is 0 Å². The lowest BCUT2D eigenvalue weighted by Crippen LogP contribution is -2.11. The summed E-state index contributed by atoms with van der Waals surface area (Å²) in [5.74, 6) is 0.670. The number of Topliss-reactive ketones (excluding diaryl/α,β-unsaturated/α-hetero) is 1. The zero-order valence-corrected chi connectivity index (χ0v) is 14.9. The van der Waals surface area contributed by atoms with Gasteiger partial charge in [-0.15, -0.1) is 11.3 Å². The van der Waals surface area contributed by atoms with Gasteiger partial charge in [-0.05, 0) is 23.6 Å². The van der Waals surface area contributed by atoms with Gasteiger partial charge in [-0.3, -0.25) is 4.79 Å². The molecule has 0 radical (unpaired) electrons. The number of ketones is 1. The van der Waals surface area contributed by atoms with Crippen LogP contribution in [0.4, 0.5) is 0 Å². The molecule has 132 valence electrons. The van der Waals surface area contributed by atoms with E-state index in [-0.39, 0.29) is 12.4 Å². The molecule has 0 aliphatic rings. The molecule has 0 spiro atoms. The number of esters is 1. The molecule has 0 unspecified atom stereocenters. The van der Waals surface area contributed by atoms with Crippen LogP contribution in [0.15, 0.2) is 35.7 Å². The van der Waals surface area contributed by atoms with E-state index in [2.05, 4.69) is 0 Å². The molecule has 7 heteroatoms. The van der Waals surface area contributed by atoms with E-state index in [4.69, 9.17) is 18.9 Å². The second-order valence-corrected chi connectivity index (χ2v) is 5.74. The van der Waals surface area contributed by atoms with E-state index < -0.39 is 5.97 Å². The summed E-state index contributed by atoms with van der Waals surface area (Å²) in [6.45, 7) is -0.299. The van der Waals surface area contributed by atoms with Gasteiger partial charge in [0, 0.05) is 17.7 Å². The van der Waals surface area contributed by atoms with Crippen molar-refractivity contribution in [3.8, 4) is 17.2 Å². The second-order valence-electron chi connectivity index (χ2n) is 4.79. The summed E-state index contributed by atoms with van der Waals surface area (Å²) in [6.07, 6.45) is 2.75. The number of hydrogen-bond acceptors (Lipinski definition) is 7. The molecule has 2 aromatic rings. The minimum absolute atomic E-state index is 0.236. The van der Waals surface area contributed by atoms with E-state index in [0.717, 1.165) is 0 Å². The highest BCUT2D eigenvalue weighted by Gasteiger charge is 2.12. The SMILES string of the molecule is COc1cc(OC)c(OC)cc1/C=C/C(=O)OCC(=O)c1cccs1. The number of hydrogen-bond donors (Lipinski definition) is 0. The summed E-state index contributed by atoms with van der Waals surface area (Å²) in [5, 5.41) is 1.79. The van der Waals surface area contributed by atoms with Crippen LogP contribution in [0.5, 0.6) is 17.2 Å². The largest absolute Gasteiger partial charge is 0.496 e. The molecule has 25 heavy (non-hydrogen) atoms. The van der Waals surface area contributed by atoms with Gasteiger partial charge < -0.3 is 18.9 Å². The van der Waals surface area contributed by atoms with Gasteiger partial charge in [-0.25, -0.2) is 4.79 Å². The van der Waals surface area contributed by atoms with E-state index >= 15 is 0 Å². The fourth-order valence-electron chi connectivity index (χ4n) is 2.03. The molecule has 0 bridgehead atoms. The fraction of sp³-hybridized carbons (Fsp3) is 0.222. The Kier molecular flexibility index (Phi) is 6.59. The molecule has 0 saturated carbocycles. The van der Waals surface area contributed by atoms with E-state index in [0.29, 0.717) is 27.7 Å². The van der Waals surface area contributed by atoms with Gasteiger partial charge in [0.15, 0.2) is 18.1 Å². The van der Waals surface area contributed by atoms with Crippen molar-refractivity contribution >= 4 is 29.2 Å². The van der Waals surface area contributed by atoms with Crippen molar-refractivity contribution in [2.75, 3.05) is 27.9 Å². The summed E-state index contributed by atoms with van der Waals surface area (Å²) in [5.41, 5.74) is 0.613. The minimum atomic E-state index is -0.623. The van der Waals surface area contributed by atoms with Crippen LogP contribution in [0.3, 0.4) is 0 Å². The average Bonchev–Trinajstić information content (AvgIpc) is 3.18. The molecular formula is C18H18O6S. The molecule has 0 fully saturated rings. The standard InChI is InChI=1S/C18H18O6S/c1-21-14-10-16(23-3)15(22-2)9-12(14)6-7-18(20)24-11-13(19)17-5-4-8-25-17/h4-10H,11H2,1-3H3/b7-6+. The topological polar surface area (TPSA) is 71.1 Å². The van der Waals surface area contributed by atoms with Crippen LogP contribution < -0.4 is 14.2 Å². The predicted molar refractivity (Wildman–Crippen MR) is 94.7 cm³/mol. The van der Waals surface area contributed by atoms with Crippen molar-refractivity contribution in [3.05, 3.63) is 46.2 Å². The molecule has 0 atom stereocenters. The van der Waals surface area contributed by atoms with Crippen LogP contribution in [-0.4, -0.2) is 39.7 Å². The van der Waals surface area contributed by atoms with Crippen molar-refractivity contribution in [1.29, 1.82) is 0 Å². The van der Waals surface area contributed by atoms with Gasteiger partial charge in [0.2, 0.25) is 5.78 Å². The first-order chi connectivity index (χ1) is 12.1. The van der Waals surface area contributed by atoms with Gasteiger partial charge in [0.05, 0.1) is 26.2 Å². The lowest BCUT2D eigenvalue weighted by molar-refractivity contribution is -0.136. The van der Waals surface area contributed by atoms with Crippen molar-refractivity contribution in [1.82, 2.24) is 0 Å². The summed E-state index contributed by atoms with van der Waals surface area (Å²) >= 11 is 1.30. The van der Waals surface area contributed by atoms with Crippen LogP contribution >= 0.6 is 11.3 Å². The van der Waals surface area contributed by atoms with Crippen molar-refractivity contribution < 1.29 is 28.5 Å². The van der Waals surface area contributed by atoms with Crippen LogP contribution in [0.2, 0.25) is 0 Å². The fourth-order valence-corrected chi connectivity index (χ4v) is 2.69. The molecular weight excluding hydrogens is 344 g/mol. The molecule has 1 aromatic heterocycles. The third-order valence-corrected chi connectivity index (χ3v) is 4.19. The van der Waals surface area contributed by atoms with Crippen LogP contribution in [0.25, 0.3) is 6.08 Å². The Morgan fingerprint density at radius 1 is 1.04 bits per heavy atom. The first kappa shape index (κ1) is 18.5. The molecule has 1 aromatic carbocycles. The van der Waals surface area contributed by atoms with Gasteiger partial charge in [-0.1, -0.05) is 6.07 Å². The molecule has 6 nitrogen and oxygen atoms in total. The van der Waals surface area contributed by atoms with E-state index in [9.17, 15) is 9.59 Å². The third kappa shape index (κ3) is 4.84. The Bertz CT molecular complexity index is 764. The Morgan fingerprint density at radius 2 is 1.72 bits per heavy atom. The molecule has 0 saturated heterocycles. The quantitative estimate of drug-likeness (QED) is 0.408. The van der Waals surface area contributed by atoms with Crippen LogP contribution in [0.1, 0.15) is 15.2 Å². The van der Waals surface area contributed by atoms with Crippen LogP contribution in [-0.2, 0) is 9.53 Å². The van der Waals surface area contributed by atoms with E-state index in [1.165, 1.54) is 44.8 Å². The average molecular weight is 362 g/mol. The molecule has 0 amide bonds. The number of methoxy groups -OCH3 is 3. The lowest BCUT2D eigenvalue weighted by atomic mass is 10.1. The predicted octanol–water partition coefficient (Wildman–Crippen LogP) is 3.21. The zero-order valence-electron chi connectivity index (χ0n) is 14.1. The summed E-state index contributed by atoms with van der Waals surface area (Å²) < 4.78 is 20.7. The van der Waals surface area contributed by atoms with Gasteiger partial charge in [0.25, 0.3) is 0 Å². The van der Waals surface area contributed by atoms with Gasteiger partial charge in [-0.2, -0.15) is 0 Å². The maximum Gasteiger partial charge on any atom is 0.331 e. The van der Waals surface area contributed by atoms with Crippen molar-refractivity contribution in [3.63, 3.8) is 0 Å². The van der Waals surface area contributed by atoms with Crippen LogP contribution in [0, 0.1) is 0 Å². The molecule has 0 N–H and O–H groups in total. The van der Waals surface area contributed by atoms with Gasteiger partial charge in [0.1, 0.15) is 5.75 Å². The second kappa shape index (κ2) is 8.89. The maximum atomic E-state index is 11.8. The Morgan fingerprint density at radius 3 is 2.32 bits per heavy atom. The smallest absolute Gasteiger partial charge is 0.331 e. The number of carbonyl (C=O) groups is 2. The highest BCUT2D eigenvalue weighted by Crippen LogP contribution is 2.35. The highest BCUT2D eigenvalue weighted by molar-refractivity contribution is 7.12. The summed E-state index contributed by atoms with van der Waals surface area (Å²) in [7, 11) is 4.55. The normalized spacial score (nSPS) is 10.5. The number of benzene rings is 1. The lowest BCUT2D eigenvalue weighted by Gasteiger charge is -2.12. The molecule has 0 aliphatic carbocycles. The number of ether oxygens (including phenoxy) is 4. The van der Waals surface area contributed by atoms with Gasteiger partial charge >= 0.3 is 5.97 Å². The molecule has 1 heterocycles. The zero-order chi connectivity index (χ0) is 18.2. The Labute approximate surface area is 149 Å². The monoisotopic (exact) mass is 362 g/mol. The summed E-state index contributed by atoms with van der Waals surface area (Å²) in [4.78, 5) is 24.2. The first-order valence-electron chi connectivity index (χ1n) is 7.30. The Hall–Kier alpha value is -2.80. The van der Waals surface area contributed by atoms with E-state index in [1.54, 1.807) is 29.6 Å². The van der Waals surface area contributed by atoms with Crippen molar-refractivity contribution in [2.45, 2.75) is 0 Å². The Balaban J connectivity index is 2.04. The minimum Gasteiger partial charge on any atom is -0.496 e. The summed E-state index contributed by atoms with van der Waals surface area (Å²) in [6, 6.07) is 6.79. The molecule has 2 rings (SSSR count). The first-order valence-corrected chi connectivity index (χ1v) is 8.18. The highest BCUT2D eigenvalue weighted by atomic mass is 32.1. The number of carbonyl (C=O) groups excluding carboxylic acids is 2. The molecule has 0 aliphatic heterocycles. The van der Waals surface area contributed by atoms with E-state index in [1.807, 2.05) is 0 Å².